The molecule has 2 rings (SSSR count). The number of benzene rings is 2. The first-order valence-electron chi connectivity index (χ1n) is 8.56. The Hall–Kier alpha value is -2.91. The van der Waals surface area contributed by atoms with Gasteiger partial charge in [0, 0.05) is 30.9 Å². The van der Waals surface area contributed by atoms with Gasteiger partial charge in [0.1, 0.15) is 5.75 Å². The maximum absolute atomic E-state index is 12.5. The second-order valence-corrected chi connectivity index (χ2v) is 7.73. The summed E-state index contributed by atoms with van der Waals surface area (Å²) in [7, 11) is -0.555. The zero-order valence-corrected chi connectivity index (χ0v) is 16.7. The van der Waals surface area contributed by atoms with Crippen LogP contribution >= 0.6 is 0 Å². The van der Waals surface area contributed by atoms with Crippen LogP contribution in [0, 0.1) is 0 Å². The van der Waals surface area contributed by atoms with Crippen molar-refractivity contribution in [3.8, 4) is 5.75 Å². The molecule has 2 N–H and O–H groups in total. The minimum absolute atomic E-state index is 0.0734. The maximum Gasteiger partial charge on any atom is 0.254 e. The molecule has 0 bridgehead atoms. The van der Waals surface area contributed by atoms with Gasteiger partial charge in [-0.05, 0) is 36.4 Å². The Morgan fingerprint density at radius 1 is 1.11 bits per heavy atom. The molecule has 0 aromatic heterocycles. The molecular weight excluding hydrogens is 382 g/mol. The zero-order valence-electron chi connectivity index (χ0n) is 15.9. The number of nitrogens with one attached hydrogen (secondary N) is 2. The number of carbonyl (C=O) groups excluding carboxylic acids is 2. The first-order valence-corrected chi connectivity index (χ1v) is 10.0. The van der Waals surface area contributed by atoms with Gasteiger partial charge in [-0.15, -0.1) is 0 Å². The lowest BCUT2D eigenvalue weighted by molar-refractivity contribution is -0.116. The van der Waals surface area contributed by atoms with E-state index in [1.165, 1.54) is 43.3 Å². The number of nitrogens with zero attached hydrogens (tertiary/aromatic N) is 1. The zero-order chi connectivity index (χ0) is 20.7. The average Bonchev–Trinajstić information content (AvgIpc) is 2.67. The largest absolute Gasteiger partial charge is 0.497 e. The van der Waals surface area contributed by atoms with Crippen LogP contribution < -0.4 is 14.8 Å². The average molecular weight is 405 g/mol. The van der Waals surface area contributed by atoms with E-state index in [2.05, 4.69) is 10.0 Å². The fourth-order valence-electron chi connectivity index (χ4n) is 2.46. The van der Waals surface area contributed by atoms with Gasteiger partial charge in [-0.3, -0.25) is 9.59 Å². The van der Waals surface area contributed by atoms with E-state index in [1.807, 2.05) is 0 Å². The van der Waals surface area contributed by atoms with Crippen LogP contribution in [-0.2, 0) is 14.8 Å². The number of methoxy groups -OCH3 is 1. The Labute approximate surface area is 164 Å². The summed E-state index contributed by atoms with van der Waals surface area (Å²) < 4.78 is 31.4. The number of anilines is 1. The van der Waals surface area contributed by atoms with Gasteiger partial charge in [-0.1, -0.05) is 13.0 Å². The number of rotatable bonds is 8. The van der Waals surface area contributed by atoms with Crippen molar-refractivity contribution in [2.45, 2.75) is 11.8 Å². The van der Waals surface area contributed by atoms with E-state index in [1.54, 1.807) is 31.2 Å². The van der Waals surface area contributed by atoms with Crippen molar-refractivity contribution in [1.29, 1.82) is 0 Å². The Bertz CT molecular complexity index is 942. The third-order valence-corrected chi connectivity index (χ3v) is 5.39. The topological polar surface area (TPSA) is 105 Å². The van der Waals surface area contributed by atoms with Crippen molar-refractivity contribution in [3.05, 3.63) is 54.1 Å². The molecule has 2 aromatic carbocycles. The molecule has 0 saturated heterocycles. The summed E-state index contributed by atoms with van der Waals surface area (Å²) in [6, 6.07) is 12.4. The number of amides is 2. The summed E-state index contributed by atoms with van der Waals surface area (Å²) in [5.74, 6) is -0.154. The van der Waals surface area contributed by atoms with Crippen molar-refractivity contribution in [2.75, 3.05) is 32.6 Å². The summed E-state index contributed by atoms with van der Waals surface area (Å²) in [5, 5.41) is 2.70. The van der Waals surface area contributed by atoms with E-state index >= 15 is 0 Å². The van der Waals surface area contributed by atoms with Gasteiger partial charge in [-0.2, -0.15) is 0 Å². The summed E-state index contributed by atoms with van der Waals surface area (Å²) >= 11 is 0. The van der Waals surface area contributed by atoms with Crippen molar-refractivity contribution >= 4 is 27.5 Å². The molecule has 0 unspecified atom stereocenters. The smallest absolute Gasteiger partial charge is 0.254 e. The minimum atomic E-state index is -3.58. The maximum atomic E-state index is 12.5. The molecule has 28 heavy (non-hydrogen) atoms. The molecule has 0 fully saturated rings. The SMILES string of the molecule is CCNS(=O)(=O)c1ccc(C(=O)N(C)CC(=O)Nc2cccc(OC)c2)cc1. The van der Waals surface area contributed by atoms with E-state index in [-0.39, 0.29) is 29.5 Å². The Morgan fingerprint density at radius 3 is 2.39 bits per heavy atom. The van der Waals surface area contributed by atoms with E-state index in [9.17, 15) is 18.0 Å². The van der Waals surface area contributed by atoms with Gasteiger partial charge in [0.15, 0.2) is 0 Å². The highest BCUT2D eigenvalue weighted by Gasteiger charge is 2.17. The lowest BCUT2D eigenvalue weighted by Gasteiger charge is -2.17. The monoisotopic (exact) mass is 405 g/mol. The molecule has 0 aliphatic heterocycles. The van der Waals surface area contributed by atoms with Gasteiger partial charge in [0.05, 0.1) is 18.6 Å². The van der Waals surface area contributed by atoms with Gasteiger partial charge in [0.2, 0.25) is 15.9 Å². The summed E-state index contributed by atoms with van der Waals surface area (Å²) in [4.78, 5) is 26.0. The Morgan fingerprint density at radius 2 is 1.79 bits per heavy atom. The number of likely N-dealkylation sites (N-methyl/N-ethyl adjacent to an activating group) is 1. The van der Waals surface area contributed by atoms with Crippen LogP contribution in [0.3, 0.4) is 0 Å². The second-order valence-electron chi connectivity index (χ2n) is 5.97. The fraction of sp³-hybridized carbons (Fsp3) is 0.263. The predicted molar refractivity (Wildman–Crippen MR) is 106 cm³/mol. The first kappa shape index (κ1) is 21.4. The third-order valence-electron chi connectivity index (χ3n) is 3.83. The molecule has 0 atom stereocenters. The van der Waals surface area contributed by atoms with Crippen LogP contribution in [0.25, 0.3) is 0 Å². The molecule has 2 aromatic rings. The molecule has 2 amide bonds. The molecule has 0 radical (unpaired) electrons. The highest BCUT2D eigenvalue weighted by molar-refractivity contribution is 7.89. The van der Waals surface area contributed by atoms with E-state index in [0.717, 1.165) is 0 Å². The Balaban J connectivity index is 2.00. The third kappa shape index (κ3) is 5.54. The van der Waals surface area contributed by atoms with Crippen molar-refractivity contribution in [3.63, 3.8) is 0 Å². The van der Waals surface area contributed by atoms with Gasteiger partial charge in [0.25, 0.3) is 5.91 Å². The second kappa shape index (κ2) is 9.34. The number of sulfonamides is 1. The van der Waals surface area contributed by atoms with Crippen LogP contribution in [-0.4, -0.2) is 52.4 Å². The lowest BCUT2D eigenvalue weighted by atomic mass is 10.2. The van der Waals surface area contributed by atoms with E-state index in [0.29, 0.717) is 11.4 Å². The molecule has 0 heterocycles. The summed E-state index contributed by atoms with van der Waals surface area (Å²) in [6.07, 6.45) is 0. The number of carbonyl (C=O) groups is 2. The van der Waals surface area contributed by atoms with Crippen molar-refractivity contribution in [1.82, 2.24) is 9.62 Å². The predicted octanol–water partition coefficient (Wildman–Crippen LogP) is 1.70. The van der Waals surface area contributed by atoms with E-state index < -0.39 is 15.9 Å². The van der Waals surface area contributed by atoms with Crippen LogP contribution in [0.5, 0.6) is 5.75 Å². The van der Waals surface area contributed by atoms with Gasteiger partial charge >= 0.3 is 0 Å². The Kier molecular flexibility index (Phi) is 7.13. The molecule has 0 saturated carbocycles. The molecule has 0 aliphatic rings. The van der Waals surface area contributed by atoms with Gasteiger partial charge < -0.3 is 15.0 Å². The normalized spacial score (nSPS) is 11.0. The molecule has 150 valence electrons. The molecule has 9 heteroatoms. The van der Waals surface area contributed by atoms with Crippen LogP contribution in [0.4, 0.5) is 5.69 Å². The standard InChI is InChI=1S/C19H23N3O5S/c1-4-20-28(25,26)17-10-8-14(9-11-17)19(24)22(2)13-18(23)21-15-6-5-7-16(12-15)27-3/h5-12,20H,4,13H2,1-3H3,(H,21,23). The van der Waals surface area contributed by atoms with E-state index in [4.69, 9.17) is 4.74 Å². The van der Waals surface area contributed by atoms with Crippen molar-refractivity contribution in [2.24, 2.45) is 0 Å². The number of ether oxygens (including phenoxy) is 1. The highest BCUT2D eigenvalue weighted by Crippen LogP contribution is 2.17. The lowest BCUT2D eigenvalue weighted by Crippen LogP contribution is -2.35. The van der Waals surface area contributed by atoms with Crippen LogP contribution in [0.15, 0.2) is 53.4 Å². The van der Waals surface area contributed by atoms with Gasteiger partial charge in [-0.25, -0.2) is 13.1 Å². The number of hydrogen-bond acceptors (Lipinski definition) is 5. The summed E-state index contributed by atoms with van der Waals surface area (Å²) in [5.41, 5.74) is 0.843. The molecule has 8 nitrogen and oxygen atoms in total. The molecule has 0 spiro atoms. The minimum Gasteiger partial charge on any atom is -0.497 e. The quantitative estimate of drug-likeness (QED) is 0.696. The van der Waals surface area contributed by atoms with Crippen LogP contribution in [0.2, 0.25) is 0 Å². The number of hydrogen-bond donors (Lipinski definition) is 2. The fourth-order valence-corrected chi connectivity index (χ4v) is 3.50. The summed E-state index contributed by atoms with van der Waals surface area (Å²) in [6.45, 7) is 1.79. The first-order chi connectivity index (χ1) is 13.3. The van der Waals surface area contributed by atoms with Crippen LogP contribution in [0.1, 0.15) is 17.3 Å². The molecule has 0 aliphatic carbocycles. The van der Waals surface area contributed by atoms with Crippen molar-refractivity contribution < 1.29 is 22.7 Å². The molecular formula is C19H23N3O5S. The highest BCUT2D eigenvalue weighted by atomic mass is 32.2.